The Labute approximate surface area is 169 Å². The molecule has 1 N–H and O–H groups in total. The van der Waals surface area contributed by atoms with E-state index in [1.165, 1.54) is 0 Å². The number of rotatable bonds is 4. The number of hydrogen-bond donors (Lipinski definition) is 1. The molecule has 1 aliphatic heterocycles. The molecule has 1 aromatic carbocycles. The van der Waals surface area contributed by atoms with Crippen LogP contribution in [0.2, 0.25) is 0 Å². The number of esters is 1. The topological polar surface area (TPSA) is 72.8 Å². The Balaban J connectivity index is 1.57. The molecular weight excluding hydrogens is 376 g/mol. The van der Waals surface area contributed by atoms with Gasteiger partial charge in [-0.05, 0) is 30.5 Å². The van der Waals surface area contributed by atoms with Crippen molar-refractivity contribution in [1.29, 1.82) is 0 Å². The summed E-state index contributed by atoms with van der Waals surface area (Å²) >= 11 is 1.56. The van der Waals surface area contributed by atoms with Crippen LogP contribution in [0.5, 0.6) is 5.75 Å². The average Bonchev–Trinajstić information content (AvgIpc) is 3.13. The molecule has 7 atom stereocenters. The normalized spacial score (nSPS) is 37.2. The van der Waals surface area contributed by atoms with Crippen LogP contribution in [0.25, 0.3) is 0 Å². The number of benzene rings is 1. The highest BCUT2D eigenvalue weighted by molar-refractivity contribution is 7.99. The Morgan fingerprint density at radius 3 is 2.82 bits per heavy atom. The number of hydrogen-bond acceptors (Lipinski definition) is 6. The molecule has 6 heteroatoms. The van der Waals surface area contributed by atoms with Crippen molar-refractivity contribution in [2.24, 2.45) is 29.6 Å². The first-order valence-electron chi connectivity index (χ1n) is 9.76. The van der Waals surface area contributed by atoms with Gasteiger partial charge in [0.25, 0.3) is 0 Å². The van der Waals surface area contributed by atoms with Crippen molar-refractivity contribution < 1.29 is 24.2 Å². The highest BCUT2D eigenvalue weighted by Gasteiger charge is 2.58. The lowest BCUT2D eigenvalue weighted by molar-refractivity contribution is -0.146. The van der Waals surface area contributed by atoms with Crippen molar-refractivity contribution in [1.82, 2.24) is 0 Å². The molecule has 0 bridgehead atoms. The van der Waals surface area contributed by atoms with Gasteiger partial charge >= 0.3 is 5.97 Å². The standard InChI is InChI=1S/C22H26O5S/c1-11-7-18(24)20-16(10-28-14-6-4-5-13(8-14)26-3)22(25)27-21(20)19-12(2)17(23)9-15(11)19/h4-6,8,12,15-16,18-21,24H,1,7,9-10H2,2-3H3/t12-,15+,16+,18+,19+,20-,21+/m1/s1. The minimum atomic E-state index is -0.673. The molecular formula is C22H26O5S. The van der Waals surface area contributed by atoms with E-state index in [1.54, 1.807) is 18.9 Å². The first-order valence-corrected chi connectivity index (χ1v) is 10.7. The van der Waals surface area contributed by atoms with E-state index in [4.69, 9.17) is 9.47 Å². The summed E-state index contributed by atoms with van der Waals surface area (Å²) in [5.74, 6) is 0.301. The lowest BCUT2D eigenvalue weighted by Crippen LogP contribution is -2.38. The van der Waals surface area contributed by atoms with Crippen LogP contribution in [0.4, 0.5) is 0 Å². The first-order chi connectivity index (χ1) is 13.4. The summed E-state index contributed by atoms with van der Waals surface area (Å²) in [5.41, 5.74) is 0.917. The number of aliphatic hydroxyl groups is 1. The third-order valence-corrected chi connectivity index (χ3v) is 7.77. The number of ketones is 1. The highest BCUT2D eigenvalue weighted by Crippen LogP contribution is 2.52. The van der Waals surface area contributed by atoms with Crippen molar-refractivity contribution in [3.05, 3.63) is 36.4 Å². The second-order valence-corrected chi connectivity index (χ2v) is 9.24. The van der Waals surface area contributed by atoms with Crippen LogP contribution >= 0.6 is 11.8 Å². The summed E-state index contributed by atoms with van der Waals surface area (Å²) in [5, 5.41) is 10.9. The number of ether oxygens (including phenoxy) is 2. The van der Waals surface area contributed by atoms with E-state index in [-0.39, 0.29) is 35.4 Å². The minimum absolute atomic E-state index is 0.00439. The molecule has 0 radical (unpaired) electrons. The molecule has 3 fully saturated rings. The molecule has 4 rings (SSSR count). The van der Waals surface area contributed by atoms with Gasteiger partial charge in [-0.3, -0.25) is 9.59 Å². The number of thioether (sulfide) groups is 1. The molecule has 1 saturated heterocycles. The Kier molecular flexibility index (Phi) is 5.27. The van der Waals surface area contributed by atoms with Crippen LogP contribution in [-0.4, -0.2) is 41.9 Å². The Bertz CT molecular complexity index is 806. The predicted octanol–water partition coefficient (Wildman–Crippen LogP) is 3.11. The molecule has 1 heterocycles. The van der Waals surface area contributed by atoms with Crippen LogP contribution in [0.3, 0.4) is 0 Å². The number of aliphatic hydroxyl groups excluding tert-OH is 1. The zero-order chi connectivity index (χ0) is 20.0. The lowest BCUT2D eigenvalue weighted by atomic mass is 9.77. The Morgan fingerprint density at radius 1 is 1.29 bits per heavy atom. The summed E-state index contributed by atoms with van der Waals surface area (Å²) in [4.78, 5) is 26.1. The summed E-state index contributed by atoms with van der Waals surface area (Å²) in [7, 11) is 1.62. The van der Waals surface area contributed by atoms with Crippen LogP contribution in [0.15, 0.2) is 41.3 Å². The Morgan fingerprint density at radius 2 is 2.07 bits per heavy atom. The smallest absolute Gasteiger partial charge is 0.310 e. The molecule has 0 aromatic heterocycles. The minimum Gasteiger partial charge on any atom is -0.497 e. The molecule has 28 heavy (non-hydrogen) atoms. The maximum absolute atomic E-state index is 12.7. The third-order valence-electron chi connectivity index (χ3n) is 6.66. The molecule has 2 saturated carbocycles. The molecule has 2 aliphatic carbocycles. The van der Waals surface area contributed by atoms with E-state index in [9.17, 15) is 14.7 Å². The van der Waals surface area contributed by atoms with Crippen molar-refractivity contribution in [3.63, 3.8) is 0 Å². The van der Waals surface area contributed by atoms with E-state index in [2.05, 4.69) is 6.58 Å². The lowest BCUT2D eigenvalue weighted by Gasteiger charge is -2.29. The van der Waals surface area contributed by atoms with Gasteiger partial charge in [-0.15, -0.1) is 11.8 Å². The van der Waals surface area contributed by atoms with Gasteiger partial charge in [-0.2, -0.15) is 0 Å². The molecule has 3 aliphatic rings. The van der Waals surface area contributed by atoms with Crippen LogP contribution in [0, 0.1) is 29.6 Å². The predicted molar refractivity (Wildman–Crippen MR) is 106 cm³/mol. The molecule has 1 aromatic rings. The number of fused-ring (bicyclic) bond motifs is 3. The summed E-state index contributed by atoms with van der Waals surface area (Å²) in [6.07, 6.45) is -0.211. The van der Waals surface area contributed by atoms with Gasteiger partial charge in [0.1, 0.15) is 17.6 Å². The third kappa shape index (κ3) is 3.26. The van der Waals surface area contributed by atoms with E-state index in [0.29, 0.717) is 18.6 Å². The quantitative estimate of drug-likeness (QED) is 0.474. The fraction of sp³-hybridized carbons (Fsp3) is 0.545. The number of carbonyl (C=O) groups excluding carboxylic acids is 2. The van der Waals surface area contributed by atoms with E-state index in [1.807, 2.05) is 31.2 Å². The van der Waals surface area contributed by atoms with E-state index in [0.717, 1.165) is 16.2 Å². The van der Waals surface area contributed by atoms with Crippen LogP contribution < -0.4 is 4.74 Å². The van der Waals surface area contributed by atoms with Crippen molar-refractivity contribution in [3.8, 4) is 5.75 Å². The van der Waals surface area contributed by atoms with Gasteiger partial charge in [0, 0.05) is 34.8 Å². The van der Waals surface area contributed by atoms with E-state index >= 15 is 0 Å². The van der Waals surface area contributed by atoms with Gasteiger partial charge in [-0.25, -0.2) is 0 Å². The fourth-order valence-electron chi connectivity index (χ4n) is 5.15. The monoisotopic (exact) mass is 402 g/mol. The van der Waals surface area contributed by atoms with Crippen molar-refractivity contribution in [2.45, 2.75) is 36.9 Å². The molecule has 5 nitrogen and oxygen atoms in total. The van der Waals surface area contributed by atoms with Gasteiger partial charge in [0.15, 0.2) is 0 Å². The number of methoxy groups -OCH3 is 1. The second kappa shape index (κ2) is 7.56. The zero-order valence-electron chi connectivity index (χ0n) is 16.2. The van der Waals surface area contributed by atoms with Gasteiger partial charge in [0.05, 0.1) is 19.1 Å². The molecule has 0 unspecified atom stereocenters. The van der Waals surface area contributed by atoms with Crippen molar-refractivity contribution in [2.75, 3.05) is 12.9 Å². The van der Waals surface area contributed by atoms with Gasteiger partial charge in [0.2, 0.25) is 0 Å². The number of carbonyl (C=O) groups is 2. The Hall–Kier alpha value is -1.79. The molecule has 0 amide bonds. The summed E-state index contributed by atoms with van der Waals surface area (Å²) in [6, 6.07) is 7.70. The second-order valence-electron chi connectivity index (χ2n) is 8.15. The highest BCUT2D eigenvalue weighted by atomic mass is 32.2. The maximum atomic E-state index is 12.7. The maximum Gasteiger partial charge on any atom is 0.310 e. The molecule has 0 spiro atoms. The summed E-state index contributed by atoms with van der Waals surface area (Å²) < 4.78 is 11.1. The molecule has 150 valence electrons. The SMILES string of the molecule is C=C1C[C@H](O)[C@@H]2[C@@H](OC(=O)[C@H]2CSc2cccc(OC)c2)[C@H]2[C@H](C)C(=O)C[C@@H]12. The van der Waals surface area contributed by atoms with Crippen LogP contribution in [-0.2, 0) is 14.3 Å². The summed E-state index contributed by atoms with van der Waals surface area (Å²) in [6.45, 7) is 6.07. The van der Waals surface area contributed by atoms with E-state index < -0.39 is 18.1 Å². The van der Waals surface area contributed by atoms with Gasteiger partial charge < -0.3 is 14.6 Å². The van der Waals surface area contributed by atoms with Crippen molar-refractivity contribution >= 4 is 23.5 Å². The zero-order valence-corrected chi connectivity index (χ0v) is 17.0. The fourth-order valence-corrected chi connectivity index (χ4v) is 6.26. The largest absolute Gasteiger partial charge is 0.497 e. The van der Waals surface area contributed by atoms with Crippen LogP contribution in [0.1, 0.15) is 19.8 Å². The first kappa shape index (κ1) is 19.5. The average molecular weight is 403 g/mol. The number of Topliss-reactive ketones (excluding diaryl/α,β-unsaturated/α-hetero) is 1. The van der Waals surface area contributed by atoms with Gasteiger partial charge in [-0.1, -0.05) is 25.1 Å².